The summed E-state index contributed by atoms with van der Waals surface area (Å²) >= 11 is 0. The van der Waals surface area contributed by atoms with E-state index >= 15 is 0 Å². The van der Waals surface area contributed by atoms with Crippen molar-refractivity contribution in [2.75, 3.05) is 0 Å². The zero-order valence-corrected chi connectivity index (χ0v) is 6.62. The van der Waals surface area contributed by atoms with E-state index in [2.05, 4.69) is 0 Å². The van der Waals surface area contributed by atoms with Gasteiger partial charge in [0.15, 0.2) is 0 Å². The monoisotopic (exact) mass is 144 g/mol. The summed E-state index contributed by atoms with van der Waals surface area (Å²) < 4.78 is 0. The van der Waals surface area contributed by atoms with Crippen molar-refractivity contribution >= 4 is 0 Å². The van der Waals surface area contributed by atoms with Gasteiger partial charge in [-0.15, -0.1) is 0 Å². The molecule has 0 aliphatic carbocycles. The summed E-state index contributed by atoms with van der Waals surface area (Å²) in [5.74, 6) is 0. The van der Waals surface area contributed by atoms with E-state index in [1.54, 1.807) is 12.2 Å². The molecule has 0 saturated heterocycles. The maximum absolute atomic E-state index is 9.00. The van der Waals surface area contributed by atoms with Gasteiger partial charge >= 0.3 is 0 Å². The largest absolute Gasteiger partial charge is 0.389 e. The topological polar surface area (TPSA) is 40.5 Å². The Kier molecular flexibility index (Phi) is 5.26. The van der Waals surface area contributed by atoms with E-state index in [9.17, 15) is 0 Å². The first-order valence-corrected chi connectivity index (χ1v) is 3.75. The maximum atomic E-state index is 9.00. The summed E-state index contributed by atoms with van der Waals surface area (Å²) in [4.78, 5) is 0. The van der Waals surface area contributed by atoms with E-state index in [0.717, 1.165) is 0 Å². The lowest BCUT2D eigenvalue weighted by Crippen LogP contribution is -2.03. The van der Waals surface area contributed by atoms with Gasteiger partial charge in [0, 0.05) is 0 Å². The molecule has 0 radical (unpaired) electrons. The quantitative estimate of drug-likeness (QED) is 0.580. The van der Waals surface area contributed by atoms with Gasteiger partial charge in [-0.25, -0.2) is 0 Å². The zero-order chi connectivity index (χ0) is 7.98. The van der Waals surface area contributed by atoms with Crippen molar-refractivity contribution in [3.63, 3.8) is 0 Å². The van der Waals surface area contributed by atoms with Crippen LogP contribution in [0.1, 0.15) is 26.7 Å². The summed E-state index contributed by atoms with van der Waals surface area (Å²) in [5.41, 5.74) is 0. The van der Waals surface area contributed by atoms with Crippen molar-refractivity contribution in [2.45, 2.75) is 38.9 Å². The Hall–Kier alpha value is -0.340. The van der Waals surface area contributed by atoms with Gasteiger partial charge in [-0.3, -0.25) is 0 Å². The molecule has 0 aromatic rings. The number of rotatable bonds is 4. The lowest BCUT2D eigenvalue weighted by Gasteiger charge is -2.02. The van der Waals surface area contributed by atoms with E-state index in [1.165, 1.54) is 0 Å². The van der Waals surface area contributed by atoms with Gasteiger partial charge in [0.05, 0.1) is 12.2 Å². The van der Waals surface area contributed by atoms with Crippen LogP contribution in [0.3, 0.4) is 0 Å². The second kappa shape index (κ2) is 5.45. The van der Waals surface area contributed by atoms with Crippen LogP contribution in [-0.2, 0) is 0 Å². The fourth-order valence-corrected chi connectivity index (χ4v) is 0.529. The van der Waals surface area contributed by atoms with Crippen molar-refractivity contribution < 1.29 is 10.2 Å². The Balaban J connectivity index is 3.52. The molecule has 0 fully saturated rings. The highest BCUT2D eigenvalue weighted by molar-refractivity contribution is 4.92. The van der Waals surface area contributed by atoms with Crippen molar-refractivity contribution in [1.29, 1.82) is 0 Å². The summed E-state index contributed by atoms with van der Waals surface area (Å²) in [6.45, 7) is 3.79. The molecule has 10 heavy (non-hydrogen) atoms. The third-order valence-corrected chi connectivity index (χ3v) is 1.39. The van der Waals surface area contributed by atoms with Crippen LogP contribution in [0.4, 0.5) is 0 Å². The fraction of sp³-hybridized carbons (Fsp3) is 0.750. The molecule has 0 aliphatic heterocycles. The Morgan fingerprint density at radius 1 is 1.00 bits per heavy atom. The summed E-state index contributed by atoms with van der Waals surface area (Å²) in [6.07, 6.45) is 3.87. The highest BCUT2D eigenvalue weighted by atomic mass is 16.3. The van der Waals surface area contributed by atoms with Gasteiger partial charge in [0.25, 0.3) is 0 Å². The standard InChI is InChI=1S/C8H16O2/c1-3-7(9)5-6-8(10)4-2/h5-10H,3-4H2,1-2H3. The molecule has 2 atom stereocenters. The van der Waals surface area contributed by atoms with Gasteiger partial charge in [0.2, 0.25) is 0 Å². The maximum Gasteiger partial charge on any atom is 0.0719 e. The normalized spacial score (nSPS) is 17.6. The van der Waals surface area contributed by atoms with Crippen LogP contribution in [0.2, 0.25) is 0 Å². The predicted octanol–water partition coefficient (Wildman–Crippen LogP) is 1.08. The van der Waals surface area contributed by atoms with Crippen molar-refractivity contribution in [3.8, 4) is 0 Å². The van der Waals surface area contributed by atoms with E-state index in [1.807, 2.05) is 13.8 Å². The van der Waals surface area contributed by atoms with Crippen molar-refractivity contribution in [2.24, 2.45) is 0 Å². The molecule has 2 heteroatoms. The third kappa shape index (κ3) is 4.53. The molecule has 60 valence electrons. The molecule has 0 bridgehead atoms. The number of aliphatic hydroxyl groups excluding tert-OH is 2. The Labute approximate surface area is 62.2 Å². The average Bonchev–Trinajstić information content (AvgIpc) is 1.99. The first-order chi connectivity index (χ1) is 4.70. The highest BCUT2D eigenvalue weighted by Gasteiger charge is 1.95. The first kappa shape index (κ1) is 9.66. The third-order valence-electron chi connectivity index (χ3n) is 1.39. The molecule has 0 rings (SSSR count). The minimum Gasteiger partial charge on any atom is -0.389 e. The van der Waals surface area contributed by atoms with E-state index < -0.39 is 12.2 Å². The number of aliphatic hydroxyl groups is 2. The molecular weight excluding hydrogens is 128 g/mol. The Morgan fingerprint density at radius 2 is 1.30 bits per heavy atom. The predicted molar refractivity (Wildman–Crippen MR) is 41.7 cm³/mol. The van der Waals surface area contributed by atoms with Crippen LogP contribution in [0.25, 0.3) is 0 Å². The van der Waals surface area contributed by atoms with E-state index in [0.29, 0.717) is 12.8 Å². The molecule has 0 aromatic heterocycles. The summed E-state index contributed by atoms with van der Waals surface area (Å²) in [6, 6.07) is 0. The van der Waals surface area contributed by atoms with Crippen LogP contribution in [-0.4, -0.2) is 22.4 Å². The van der Waals surface area contributed by atoms with Crippen molar-refractivity contribution in [1.82, 2.24) is 0 Å². The van der Waals surface area contributed by atoms with Gasteiger partial charge in [-0.05, 0) is 12.8 Å². The van der Waals surface area contributed by atoms with Crippen LogP contribution in [0.15, 0.2) is 12.2 Å². The SMILES string of the molecule is CCC(O)C=CC(O)CC. The average molecular weight is 144 g/mol. The zero-order valence-electron chi connectivity index (χ0n) is 6.62. The smallest absolute Gasteiger partial charge is 0.0719 e. The van der Waals surface area contributed by atoms with Gasteiger partial charge in [0.1, 0.15) is 0 Å². The molecule has 0 aliphatic rings. The summed E-state index contributed by atoms with van der Waals surface area (Å²) in [7, 11) is 0. The Morgan fingerprint density at radius 3 is 1.50 bits per heavy atom. The lowest BCUT2D eigenvalue weighted by molar-refractivity contribution is 0.203. The van der Waals surface area contributed by atoms with Gasteiger partial charge < -0.3 is 10.2 Å². The van der Waals surface area contributed by atoms with Crippen LogP contribution < -0.4 is 0 Å². The minimum absolute atomic E-state index is 0.402. The molecule has 0 amide bonds. The van der Waals surface area contributed by atoms with Crippen molar-refractivity contribution in [3.05, 3.63) is 12.2 Å². The number of hydrogen-bond donors (Lipinski definition) is 2. The molecular formula is C8H16O2. The second-order valence-corrected chi connectivity index (χ2v) is 2.34. The number of hydrogen-bond acceptors (Lipinski definition) is 2. The first-order valence-electron chi connectivity index (χ1n) is 3.75. The molecule has 0 saturated carbocycles. The van der Waals surface area contributed by atoms with Crippen LogP contribution in [0, 0.1) is 0 Å². The minimum atomic E-state index is -0.402. The van der Waals surface area contributed by atoms with Crippen LogP contribution >= 0.6 is 0 Å². The molecule has 2 N–H and O–H groups in total. The summed E-state index contributed by atoms with van der Waals surface area (Å²) in [5, 5.41) is 18.0. The van der Waals surface area contributed by atoms with Gasteiger partial charge in [-0.2, -0.15) is 0 Å². The highest BCUT2D eigenvalue weighted by Crippen LogP contribution is 1.96. The molecule has 0 aromatic carbocycles. The molecule has 2 nitrogen and oxygen atoms in total. The van der Waals surface area contributed by atoms with E-state index in [-0.39, 0.29) is 0 Å². The lowest BCUT2D eigenvalue weighted by atomic mass is 10.2. The molecule has 0 spiro atoms. The van der Waals surface area contributed by atoms with Crippen LogP contribution in [0.5, 0.6) is 0 Å². The molecule has 2 unspecified atom stereocenters. The Bertz CT molecular complexity index is 87.4. The van der Waals surface area contributed by atoms with E-state index in [4.69, 9.17) is 10.2 Å². The second-order valence-electron chi connectivity index (χ2n) is 2.34. The van der Waals surface area contributed by atoms with Gasteiger partial charge in [-0.1, -0.05) is 26.0 Å². The fourth-order valence-electron chi connectivity index (χ4n) is 0.529. The molecule has 0 heterocycles.